The number of fused-ring (bicyclic) bond motifs is 1. The molecule has 0 bridgehead atoms. The molecule has 2 aromatic carbocycles. The first-order valence-electron chi connectivity index (χ1n) is 9.91. The van der Waals surface area contributed by atoms with E-state index in [1.807, 2.05) is 53.3 Å². The smallest absolute Gasteiger partial charge is 0.196 e. The maximum Gasteiger partial charge on any atom is 0.196 e. The van der Waals surface area contributed by atoms with Crippen LogP contribution in [0.25, 0.3) is 16.7 Å². The Morgan fingerprint density at radius 3 is 2.65 bits per heavy atom. The van der Waals surface area contributed by atoms with Crippen LogP contribution in [0.3, 0.4) is 0 Å². The van der Waals surface area contributed by atoms with Crippen LogP contribution >= 0.6 is 0 Å². The van der Waals surface area contributed by atoms with Gasteiger partial charge in [-0.3, -0.25) is 9.78 Å². The van der Waals surface area contributed by atoms with E-state index in [0.717, 1.165) is 16.8 Å². The van der Waals surface area contributed by atoms with Crippen LogP contribution in [0.15, 0.2) is 101 Å². The van der Waals surface area contributed by atoms with Crippen molar-refractivity contribution in [3.63, 3.8) is 0 Å². The lowest BCUT2D eigenvalue weighted by Gasteiger charge is -2.07. The molecular weight excluding hydrogens is 390 g/mol. The van der Waals surface area contributed by atoms with Gasteiger partial charge >= 0.3 is 0 Å². The summed E-state index contributed by atoms with van der Waals surface area (Å²) in [6.07, 6.45) is 9.17. The molecule has 6 heteroatoms. The van der Waals surface area contributed by atoms with E-state index in [1.165, 1.54) is 6.26 Å². The third-order valence-electron chi connectivity index (χ3n) is 5.02. The maximum absolute atomic E-state index is 12.8. The molecule has 0 spiro atoms. The summed E-state index contributed by atoms with van der Waals surface area (Å²) >= 11 is 0. The predicted molar refractivity (Wildman–Crippen MR) is 117 cm³/mol. The molecule has 0 atom stereocenters. The van der Waals surface area contributed by atoms with E-state index in [0.29, 0.717) is 35.3 Å². The molecule has 0 amide bonds. The Morgan fingerprint density at radius 1 is 0.968 bits per heavy atom. The van der Waals surface area contributed by atoms with Crippen LogP contribution in [0.4, 0.5) is 0 Å². The normalized spacial score (nSPS) is 11.0. The molecule has 3 aromatic heterocycles. The Balaban J connectivity index is 1.32. The molecule has 0 saturated carbocycles. The number of benzene rings is 2. The van der Waals surface area contributed by atoms with E-state index in [9.17, 15) is 4.79 Å². The van der Waals surface area contributed by atoms with Crippen molar-refractivity contribution in [2.45, 2.75) is 13.0 Å². The zero-order valence-corrected chi connectivity index (χ0v) is 16.6. The predicted octanol–water partition coefficient (Wildman–Crippen LogP) is 4.54. The lowest BCUT2D eigenvalue weighted by Crippen LogP contribution is -2.09. The molecule has 31 heavy (non-hydrogen) atoms. The van der Waals surface area contributed by atoms with Gasteiger partial charge in [-0.25, -0.2) is 4.68 Å². The largest absolute Gasteiger partial charge is 0.489 e. The minimum absolute atomic E-state index is 0.0336. The Bertz CT molecular complexity index is 1380. The molecule has 0 unspecified atom stereocenters. The first-order valence-corrected chi connectivity index (χ1v) is 9.91. The minimum atomic E-state index is -0.0336. The second kappa shape index (κ2) is 8.28. The van der Waals surface area contributed by atoms with Gasteiger partial charge in [-0.05, 0) is 42.0 Å². The molecule has 152 valence electrons. The highest BCUT2D eigenvalue weighted by Gasteiger charge is 2.10. The molecule has 5 rings (SSSR count). The summed E-state index contributed by atoms with van der Waals surface area (Å²) in [5, 5.41) is 4.92. The summed E-state index contributed by atoms with van der Waals surface area (Å²) < 4.78 is 13.4. The zero-order valence-electron chi connectivity index (χ0n) is 16.6. The van der Waals surface area contributed by atoms with Crippen LogP contribution in [0.5, 0.6) is 5.75 Å². The molecule has 6 nitrogen and oxygen atoms in total. The van der Waals surface area contributed by atoms with Gasteiger partial charge in [0.05, 0.1) is 23.5 Å². The Morgan fingerprint density at radius 2 is 1.81 bits per heavy atom. The number of ether oxygens (including phenoxy) is 1. The second-order valence-electron chi connectivity index (χ2n) is 7.20. The van der Waals surface area contributed by atoms with E-state index >= 15 is 0 Å². The maximum atomic E-state index is 12.8. The van der Waals surface area contributed by atoms with E-state index in [4.69, 9.17) is 9.15 Å². The summed E-state index contributed by atoms with van der Waals surface area (Å²) in [5.74, 6) is 0.630. The van der Waals surface area contributed by atoms with Gasteiger partial charge in [0.2, 0.25) is 0 Å². The van der Waals surface area contributed by atoms with Crippen LogP contribution < -0.4 is 10.2 Å². The highest BCUT2D eigenvalue weighted by Crippen LogP contribution is 2.21. The van der Waals surface area contributed by atoms with Crippen molar-refractivity contribution < 1.29 is 9.15 Å². The molecule has 0 aliphatic carbocycles. The number of para-hydroxylation sites is 1. The summed E-state index contributed by atoms with van der Waals surface area (Å²) in [6.45, 7) is 0.364. The molecular formula is C25H19N3O3. The lowest BCUT2D eigenvalue weighted by molar-refractivity contribution is 0.306. The molecule has 0 fully saturated rings. The molecule has 0 radical (unpaired) electrons. The number of nitrogens with zero attached hydrogens (tertiary/aromatic N) is 3. The number of hydrogen-bond donors (Lipinski definition) is 0. The van der Waals surface area contributed by atoms with Gasteiger partial charge in [0, 0.05) is 42.2 Å². The molecule has 5 aromatic rings. The van der Waals surface area contributed by atoms with Crippen molar-refractivity contribution in [1.29, 1.82) is 0 Å². The summed E-state index contributed by atoms with van der Waals surface area (Å²) in [4.78, 5) is 16.8. The van der Waals surface area contributed by atoms with E-state index in [-0.39, 0.29) is 5.43 Å². The van der Waals surface area contributed by atoms with E-state index in [2.05, 4.69) is 10.1 Å². The van der Waals surface area contributed by atoms with Crippen LogP contribution in [0.2, 0.25) is 0 Å². The summed E-state index contributed by atoms with van der Waals surface area (Å²) in [7, 11) is 0. The van der Waals surface area contributed by atoms with E-state index < -0.39 is 0 Å². The van der Waals surface area contributed by atoms with Crippen molar-refractivity contribution in [3.8, 4) is 11.4 Å². The SMILES string of the molecule is O=c1c(Cc2ccncc2)coc2cc(OCc3cnn(-c4ccccc4)c3)ccc12. The molecule has 0 aliphatic rings. The Hall–Kier alpha value is -4.19. The molecule has 3 heterocycles. The zero-order chi connectivity index (χ0) is 21.0. The van der Waals surface area contributed by atoms with Crippen LogP contribution in [-0.4, -0.2) is 14.8 Å². The number of aromatic nitrogens is 3. The Kier molecular flexibility index (Phi) is 5.02. The van der Waals surface area contributed by atoms with Gasteiger partial charge in [-0.15, -0.1) is 0 Å². The topological polar surface area (TPSA) is 70.2 Å². The van der Waals surface area contributed by atoms with Crippen LogP contribution in [0.1, 0.15) is 16.7 Å². The van der Waals surface area contributed by atoms with Crippen LogP contribution in [0, 0.1) is 0 Å². The second-order valence-corrected chi connectivity index (χ2v) is 7.20. The van der Waals surface area contributed by atoms with Gasteiger partial charge in [-0.1, -0.05) is 18.2 Å². The summed E-state index contributed by atoms with van der Waals surface area (Å²) in [5.41, 5.74) is 4.02. The van der Waals surface area contributed by atoms with Gasteiger partial charge in [0.1, 0.15) is 17.9 Å². The highest BCUT2D eigenvalue weighted by atomic mass is 16.5. The van der Waals surface area contributed by atoms with Crippen molar-refractivity contribution in [2.75, 3.05) is 0 Å². The van der Waals surface area contributed by atoms with Gasteiger partial charge < -0.3 is 9.15 Å². The van der Waals surface area contributed by atoms with Gasteiger partial charge in [0.25, 0.3) is 0 Å². The lowest BCUT2D eigenvalue weighted by atomic mass is 10.1. The number of pyridine rings is 1. The monoisotopic (exact) mass is 409 g/mol. The number of rotatable bonds is 6. The fraction of sp³-hybridized carbons (Fsp3) is 0.0800. The van der Waals surface area contributed by atoms with Crippen molar-refractivity contribution >= 4 is 11.0 Å². The minimum Gasteiger partial charge on any atom is -0.489 e. The van der Waals surface area contributed by atoms with Crippen molar-refractivity contribution in [2.24, 2.45) is 0 Å². The first-order chi connectivity index (χ1) is 15.3. The van der Waals surface area contributed by atoms with E-state index in [1.54, 1.807) is 36.8 Å². The highest BCUT2D eigenvalue weighted by molar-refractivity contribution is 5.78. The van der Waals surface area contributed by atoms with Crippen molar-refractivity contribution in [1.82, 2.24) is 14.8 Å². The third-order valence-corrected chi connectivity index (χ3v) is 5.02. The quantitative estimate of drug-likeness (QED) is 0.412. The molecule has 0 saturated heterocycles. The first kappa shape index (κ1) is 18.8. The standard InChI is InChI=1S/C25H19N3O3/c29-25-20(12-18-8-10-26-11-9-18)17-31-24-13-22(6-7-23(24)25)30-16-19-14-27-28(15-19)21-4-2-1-3-5-21/h1-11,13-15,17H,12,16H2. The fourth-order valence-electron chi connectivity index (χ4n) is 3.40. The number of hydrogen-bond acceptors (Lipinski definition) is 5. The Labute approximate surface area is 178 Å². The van der Waals surface area contributed by atoms with Crippen molar-refractivity contribution in [3.05, 3.63) is 119 Å². The summed E-state index contributed by atoms with van der Waals surface area (Å²) in [6, 6.07) is 19.0. The average molecular weight is 409 g/mol. The third kappa shape index (κ3) is 4.09. The van der Waals surface area contributed by atoms with Crippen LogP contribution in [-0.2, 0) is 13.0 Å². The fourth-order valence-corrected chi connectivity index (χ4v) is 3.40. The molecule has 0 aliphatic heterocycles. The molecule has 0 N–H and O–H groups in total. The van der Waals surface area contributed by atoms with Gasteiger partial charge in [0.15, 0.2) is 5.43 Å². The van der Waals surface area contributed by atoms with Gasteiger partial charge in [-0.2, -0.15) is 5.10 Å². The average Bonchev–Trinajstić information content (AvgIpc) is 3.30.